The normalized spacial score (nSPS) is 15.0. The first-order valence-corrected chi connectivity index (χ1v) is 11.7. The number of aliphatic imine (C=N–C) groups is 1. The summed E-state index contributed by atoms with van der Waals surface area (Å²) in [7, 11) is 2.17. The summed E-state index contributed by atoms with van der Waals surface area (Å²) < 4.78 is 1.87. The second-order valence-corrected chi connectivity index (χ2v) is 8.30. The lowest BCUT2D eigenvalue weighted by molar-refractivity contribution is 0.312. The molecule has 2 aromatic heterocycles. The van der Waals surface area contributed by atoms with Crippen molar-refractivity contribution in [3.63, 3.8) is 0 Å². The molecule has 174 valence electrons. The van der Waals surface area contributed by atoms with E-state index in [-0.39, 0.29) is 0 Å². The third kappa shape index (κ3) is 6.55. The Morgan fingerprint density at radius 2 is 1.79 bits per heavy atom. The van der Waals surface area contributed by atoms with Gasteiger partial charge in [-0.25, -0.2) is 14.7 Å². The van der Waals surface area contributed by atoms with Crippen molar-refractivity contribution in [2.24, 2.45) is 4.99 Å². The number of benzene rings is 1. The smallest absolute Gasteiger partial charge is 0.191 e. The molecular weight excluding hydrogens is 412 g/mol. The topological polar surface area (TPSA) is 73.6 Å². The van der Waals surface area contributed by atoms with E-state index in [4.69, 9.17) is 4.99 Å². The predicted octanol–water partition coefficient (Wildman–Crippen LogP) is 2.32. The van der Waals surface area contributed by atoms with Gasteiger partial charge in [0.15, 0.2) is 5.96 Å². The van der Waals surface area contributed by atoms with E-state index in [0.29, 0.717) is 6.54 Å². The molecule has 33 heavy (non-hydrogen) atoms. The predicted molar refractivity (Wildman–Crippen MR) is 134 cm³/mol. The number of anilines is 1. The van der Waals surface area contributed by atoms with Crippen molar-refractivity contribution in [3.05, 3.63) is 72.2 Å². The van der Waals surface area contributed by atoms with Crippen molar-refractivity contribution < 1.29 is 0 Å². The highest BCUT2D eigenvalue weighted by atomic mass is 15.3. The number of nitrogens with zero attached hydrogens (tertiary/aromatic N) is 6. The van der Waals surface area contributed by atoms with Gasteiger partial charge in [-0.2, -0.15) is 5.10 Å². The Kier molecular flexibility index (Phi) is 7.92. The molecule has 4 rings (SSSR count). The number of likely N-dealkylation sites (N-methyl/N-ethyl adjacent to an activating group) is 1. The Morgan fingerprint density at radius 3 is 2.45 bits per heavy atom. The molecule has 2 N–H and O–H groups in total. The molecule has 3 aromatic rings. The molecule has 0 atom stereocenters. The van der Waals surface area contributed by atoms with Crippen LogP contribution in [0.25, 0.3) is 5.69 Å². The molecule has 1 aromatic carbocycles. The molecule has 1 saturated heterocycles. The quantitative estimate of drug-likeness (QED) is 0.409. The van der Waals surface area contributed by atoms with E-state index in [1.54, 1.807) is 6.20 Å². The number of hydrogen-bond acceptors (Lipinski definition) is 5. The molecule has 0 unspecified atom stereocenters. The second-order valence-electron chi connectivity index (χ2n) is 8.30. The molecule has 8 heteroatoms. The highest BCUT2D eigenvalue weighted by Crippen LogP contribution is 2.14. The van der Waals surface area contributed by atoms with Crippen LogP contribution >= 0.6 is 0 Å². The minimum Gasteiger partial charge on any atom is -0.357 e. The van der Waals surface area contributed by atoms with Crippen LogP contribution in [0, 0.1) is 0 Å². The molecule has 1 aliphatic rings. The summed E-state index contributed by atoms with van der Waals surface area (Å²) >= 11 is 0. The molecular formula is C25H34N8. The van der Waals surface area contributed by atoms with Gasteiger partial charge in [-0.15, -0.1) is 0 Å². The summed E-state index contributed by atoms with van der Waals surface area (Å²) in [5, 5.41) is 11.0. The Morgan fingerprint density at radius 1 is 1.00 bits per heavy atom. The van der Waals surface area contributed by atoms with Crippen molar-refractivity contribution in [1.29, 1.82) is 0 Å². The van der Waals surface area contributed by atoms with Crippen molar-refractivity contribution in [1.82, 2.24) is 30.3 Å². The molecule has 0 bridgehead atoms. The SMILES string of the molecule is CCNC(=NCc1ccc(N2CCN(C)CC2)nc1)NCCc1ccc(-n2cccn2)cc1. The zero-order chi connectivity index (χ0) is 22.9. The maximum absolute atomic E-state index is 4.74. The third-order valence-electron chi connectivity index (χ3n) is 5.81. The second kappa shape index (κ2) is 11.5. The van der Waals surface area contributed by atoms with Gasteiger partial charge in [0.2, 0.25) is 0 Å². The van der Waals surface area contributed by atoms with E-state index in [9.17, 15) is 0 Å². The summed E-state index contributed by atoms with van der Waals surface area (Å²) in [5.41, 5.74) is 3.45. The fraction of sp³-hybridized carbons (Fsp3) is 0.400. The molecule has 0 amide bonds. The van der Waals surface area contributed by atoms with E-state index in [2.05, 4.69) is 80.9 Å². The van der Waals surface area contributed by atoms with E-state index in [1.807, 2.05) is 23.1 Å². The van der Waals surface area contributed by atoms with Gasteiger partial charge in [0.05, 0.1) is 12.2 Å². The standard InChI is InChI=1S/C25H34N8/c1-3-26-25(27-13-11-21-5-8-23(9-6-21)33-14-4-12-30-33)29-20-22-7-10-24(28-19-22)32-17-15-31(2)16-18-32/h4-10,12,14,19H,3,11,13,15-18,20H2,1-2H3,(H2,26,27,29). The molecule has 0 aliphatic carbocycles. The molecule has 1 fully saturated rings. The Bertz CT molecular complexity index is 988. The number of aromatic nitrogens is 3. The molecule has 0 radical (unpaired) electrons. The summed E-state index contributed by atoms with van der Waals surface area (Å²) in [6, 6.07) is 14.7. The Balaban J connectivity index is 1.26. The molecule has 8 nitrogen and oxygen atoms in total. The lowest BCUT2D eigenvalue weighted by atomic mass is 10.1. The van der Waals surface area contributed by atoms with Gasteiger partial charge in [0, 0.05) is 57.9 Å². The molecule has 0 spiro atoms. The van der Waals surface area contributed by atoms with Crippen LogP contribution in [-0.2, 0) is 13.0 Å². The zero-order valence-electron chi connectivity index (χ0n) is 19.6. The van der Waals surface area contributed by atoms with Crippen LogP contribution in [-0.4, -0.2) is 71.9 Å². The first-order valence-electron chi connectivity index (χ1n) is 11.7. The minimum atomic E-state index is 0.601. The summed E-state index contributed by atoms with van der Waals surface area (Å²) in [4.78, 5) is 14.1. The van der Waals surface area contributed by atoms with Crippen LogP contribution in [0.3, 0.4) is 0 Å². The fourth-order valence-electron chi connectivity index (χ4n) is 3.81. The fourth-order valence-corrected chi connectivity index (χ4v) is 3.81. The van der Waals surface area contributed by atoms with Gasteiger partial charge >= 0.3 is 0 Å². The van der Waals surface area contributed by atoms with E-state index >= 15 is 0 Å². The average Bonchev–Trinajstić information content (AvgIpc) is 3.39. The number of hydrogen-bond donors (Lipinski definition) is 2. The lowest BCUT2D eigenvalue weighted by Gasteiger charge is -2.33. The number of pyridine rings is 1. The molecule has 1 aliphatic heterocycles. The zero-order valence-corrected chi connectivity index (χ0v) is 19.6. The Hall–Kier alpha value is -3.39. The van der Waals surface area contributed by atoms with Crippen LogP contribution in [0.5, 0.6) is 0 Å². The lowest BCUT2D eigenvalue weighted by Crippen LogP contribution is -2.44. The highest BCUT2D eigenvalue weighted by molar-refractivity contribution is 5.79. The highest BCUT2D eigenvalue weighted by Gasteiger charge is 2.14. The first kappa shape index (κ1) is 22.8. The van der Waals surface area contributed by atoms with Gasteiger partial charge in [-0.1, -0.05) is 18.2 Å². The van der Waals surface area contributed by atoms with Gasteiger partial charge < -0.3 is 20.4 Å². The van der Waals surface area contributed by atoms with Crippen molar-refractivity contribution in [3.8, 4) is 5.69 Å². The number of piperazine rings is 1. The largest absolute Gasteiger partial charge is 0.357 e. The van der Waals surface area contributed by atoms with Gasteiger partial charge in [0.25, 0.3) is 0 Å². The number of nitrogens with one attached hydrogen (secondary N) is 2. The first-order chi connectivity index (χ1) is 16.2. The Labute approximate surface area is 196 Å². The van der Waals surface area contributed by atoms with Crippen molar-refractivity contribution in [2.45, 2.75) is 19.9 Å². The van der Waals surface area contributed by atoms with E-state index in [0.717, 1.165) is 68.7 Å². The maximum atomic E-state index is 4.74. The van der Waals surface area contributed by atoms with Crippen LogP contribution in [0.1, 0.15) is 18.1 Å². The maximum Gasteiger partial charge on any atom is 0.191 e. The van der Waals surface area contributed by atoms with Gasteiger partial charge in [0.1, 0.15) is 5.82 Å². The van der Waals surface area contributed by atoms with E-state index < -0.39 is 0 Å². The van der Waals surface area contributed by atoms with Crippen LogP contribution in [0.2, 0.25) is 0 Å². The number of guanidine groups is 1. The van der Waals surface area contributed by atoms with Crippen molar-refractivity contribution in [2.75, 3.05) is 51.2 Å². The summed E-state index contributed by atoms with van der Waals surface area (Å²) in [6.45, 7) is 8.54. The third-order valence-corrected chi connectivity index (χ3v) is 5.81. The van der Waals surface area contributed by atoms with Crippen LogP contribution < -0.4 is 15.5 Å². The molecule has 0 saturated carbocycles. The summed E-state index contributed by atoms with van der Waals surface area (Å²) in [6.07, 6.45) is 6.61. The monoisotopic (exact) mass is 446 g/mol. The van der Waals surface area contributed by atoms with Crippen molar-refractivity contribution >= 4 is 11.8 Å². The van der Waals surface area contributed by atoms with E-state index in [1.165, 1.54) is 5.56 Å². The number of rotatable bonds is 8. The van der Waals surface area contributed by atoms with Crippen LogP contribution in [0.4, 0.5) is 5.82 Å². The van der Waals surface area contributed by atoms with Gasteiger partial charge in [-0.05, 0) is 55.8 Å². The average molecular weight is 447 g/mol. The van der Waals surface area contributed by atoms with Gasteiger partial charge in [-0.3, -0.25) is 0 Å². The molecule has 3 heterocycles. The van der Waals surface area contributed by atoms with Crippen LogP contribution in [0.15, 0.2) is 66.0 Å². The summed E-state index contributed by atoms with van der Waals surface area (Å²) in [5.74, 6) is 1.88. The minimum absolute atomic E-state index is 0.601.